The van der Waals surface area contributed by atoms with Crippen molar-refractivity contribution in [2.24, 2.45) is 0 Å². The van der Waals surface area contributed by atoms with E-state index in [2.05, 4.69) is 36.9 Å². The highest BCUT2D eigenvalue weighted by atomic mass is 16.3. The van der Waals surface area contributed by atoms with E-state index in [1.54, 1.807) is 6.07 Å². The zero-order valence-electron chi connectivity index (χ0n) is 13.7. The predicted octanol–water partition coefficient (Wildman–Crippen LogP) is 6.35. The van der Waals surface area contributed by atoms with Gasteiger partial charge in [0, 0.05) is 0 Å². The van der Waals surface area contributed by atoms with E-state index in [4.69, 9.17) is 0 Å². The van der Waals surface area contributed by atoms with Gasteiger partial charge in [-0.2, -0.15) is 0 Å². The van der Waals surface area contributed by atoms with Gasteiger partial charge in [0.1, 0.15) is 5.75 Å². The molecule has 0 spiro atoms. The van der Waals surface area contributed by atoms with Gasteiger partial charge in [-0.25, -0.2) is 0 Å². The Bertz CT molecular complexity index is 457. The van der Waals surface area contributed by atoms with Crippen LogP contribution in [0.25, 0.3) is 0 Å². The van der Waals surface area contributed by atoms with Crippen molar-refractivity contribution in [3.63, 3.8) is 0 Å². The summed E-state index contributed by atoms with van der Waals surface area (Å²) in [7, 11) is 0. The number of hydrogen-bond donors (Lipinski definition) is 1. The Morgan fingerprint density at radius 1 is 0.864 bits per heavy atom. The van der Waals surface area contributed by atoms with Gasteiger partial charge >= 0.3 is 0 Å². The predicted molar refractivity (Wildman–Crippen MR) is 97.2 cm³/mol. The van der Waals surface area contributed by atoms with Crippen molar-refractivity contribution < 1.29 is 5.11 Å². The lowest BCUT2D eigenvalue weighted by Gasteiger charge is -2.02. The second-order valence-electron chi connectivity index (χ2n) is 5.67. The van der Waals surface area contributed by atoms with Gasteiger partial charge in [-0.15, -0.1) is 6.58 Å². The Morgan fingerprint density at radius 2 is 1.64 bits per heavy atom. The third kappa shape index (κ3) is 10.0. The number of hydrogen-bond acceptors (Lipinski definition) is 1. The average molecular weight is 298 g/mol. The van der Waals surface area contributed by atoms with E-state index >= 15 is 0 Å². The number of allylic oxidation sites excluding steroid dienone is 5. The van der Waals surface area contributed by atoms with E-state index in [1.807, 2.05) is 18.2 Å². The summed E-state index contributed by atoms with van der Waals surface area (Å²) in [6.07, 6.45) is 21.5. The van der Waals surface area contributed by atoms with Crippen LogP contribution in [0.1, 0.15) is 56.9 Å². The zero-order valence-corrected chi connectivity index (χ0v) is 13.7. The Labute approximate surface area is 136 Å². The van der Waals surface area contributed by atoms with Crippen LogP contribution < -0.4 is 0 Å². The van der Waals surface area contributed by atoms with Crippen molar-refractivity contribution in [2.75, 3.05) is 0 Å². The molecule has 0 amide bonds. The molecule has 0 aromatic heterocycles. The Morgan fingerprint density at radius 3 is 2.41 bits per heavy atom. The molecule has 0 bridgehead atoms. The minimum atomic E-state index is 0.376. The van der Waals surface area contributed by atoms with Crippen LogP contribution in [0.15, 0.2) is 61.2 Å². The number of phenols is 1. The molecule has 0 aliphatic carbocycles. The van der Waals surface area contributed by atoms with E-state index in [0.29, 0.717) is 5.75 Å². The highest BCUT2D eigenvalue weighted by Gasteiger charge is 1.95. The fourth-order valence-corrected chi connectivity index (χ4v) is 2.38. The van der Waals surface area contributed by atoms with Crippen molar-refractivity contribution >= 4 is 0 Å². The molecule has 0 aliphatic heterocycles. The zero-order chi connectivity index (χ0) is 15.9. The Balaban J connectivity index is 1.93. The average Bonchev–Trinajstić information content (AvgIpc) is 2.52. The molecule has 0 fully saturated rings. The van der Waals surface area contributed by atoms with Gasteiger partial charge in [0.15, 0.2) is 0 Å². The first kappa shape index (κ1) is 18.3. The van der Waals surface area contributed by atoms with Crippen LogP contribution in [0.4, 0.5) is 0 Å². The lowest BCUT2D eigenvalue weighted by Crippen LogP contribution is -1.85. The summed E-state index contributed by atoms with van der Waals surface area (Å²) in [4.78, 5) is 0. The van der Waals surface area contributed by atoms with Gasteiger partial charge < -0.3 is 5.11 Å². The molecule has 1 aromatic rings. The molecule has 0 heterocycles. The first-order valence-electron chi connectivity index (χ1n) is 8.51. The molecule has 1 N–H and O–H groups in total. The maximum absolute atomic E-state index is 9.40. The number of rotatable bonds is 12. The van der Waals surface area contributed by atoms with E-state index in [-0.39, 0.29) is 0 Å². The monoisotopic (exact) mass is 298 g/mol. The van der Waals surface area contributed by atoms with Crippen molar-refractivity contribution in [3.05, 3.63) is 66.8 Å². The largest absolute Gasteiger partial charge is 0.508 e. The standard InChI is InChI=1S/C21H30O/c1-2-3-4-5-6-7-8-9-10-11-12-13-14-16-20-17-15-18-21(22)19-20/h2,5-6,8-9,15,17-19,22H,1,3-4,7,10-14,16H2. The fourth-order valence-electron chi connectivity index (χ4n) is 2.38. The molecule has 0 saturated carbocycles. The molecule has 0 saturated heterocycles. The van der Waals surface area contributed by atoms with Gasteiger partial charge in [0.05, 0.1) is 0 Å². The third-order valence-corrected chi connectivity index (χ3v) is 3.64. The van der Waals surface area contributed by atoms with Crippen LogP contribution in [0.2, 0.25) is 0 Å². The summed E-state index contributed by atoms with van der Waals surface area (Å²) in [5.74, 6) is 0.376. The second-order valence-corrected chi connectivity index (χ2v) is 5.67. The van der Waals surface area contributed by atoms with Crippen LogP contribution in [0.5, 0.6) is 5.75 Å². The van der Waals surface area contributed by atoms with E-state index < -0.39 is 0 Å². The first-order chi connectivity index (χ1) is 10.8. The Kier molecular flexibility index (Phi) is 10.8. The molecule has 1 aromatic carbocycles. The van der Waals surface area contributed by atoms with Gasteiger partial charge in [-0.3, -0.25) is 0 Å². The number of benzene rings is 1. The molecular formula is C21H30O. The minimum absolute atomic E-state index is 0.376. The summed E-state index contributed by atoms with van der Waals surface area (Å²) in [6.45, 7) is 3.71. The molecular weight excluding hydrogens is 268 g/mol. The number of aromatic hydroxyl groups is 1. The second kappa shape index (κ2) is 12.9. The highest BCUT2D eigenvalue weighted by molar-refractivity contribution is 5.27. The smallest absolute Gasteiger partial charge is 0.115 e. The molecule has 0 radical (unpaired) electrons. The summed E-state index contributed by atoms with van der Waals surface area (Å²) in [5.41, 5.74) is 1.24. The summed E-state index contributed by atoms with van der Waals surface area (Å²) in [5, 5.41) is 9.40. The number of phenolic OH excluding ortho intramolecular Hbond substituents is 1. The van der Waals surface area contributed by atoms with Gasteiger partial charge in [0.25, 0.3) is 0 Å². The topological polar surface area (TPSA) is 20.2 Å². The van der Waals surface area contributed by atoms with Gasteiger partial charge in [-0.05, 0) is 62.6 Å². The summed E-state index contributed by atoms with van der Waals surface area (Å²) >= 11 is 0. The molecule has 120 valence electrons. The van der Waals surface area contributed by atoms with Crippen molar-refractivity contribution in [2.45, 2.75) is 57.8 Å². The maximum atomic E-state index is 9.40. The molecule has 1 heteroatoms. The highest BCUT2D eigenvalue weighted by Crippen LogP contribution is 2.14. The minimum Gasteiger partial charge on any atom is -0.508 e. The van der Waals surface area contributed by atoms with Crippen molar-refractivity contribution in [1.29, 1.82) is 0 Å². The van der Waals surface area contributed by atoms with Crippen LogP contribution in [0.3, 0.4) is 0 Å². The molecule has 1 rings (SSSR count). The van der Waals surface area contributed by atoms with Crippen LogP contribution in [-0.2, 0) is 6.42 Å². The lowest BCUT2D eigenvalue weighted by molar-refractivity contribution is 0.474. The quantitative estimate of drug-likeness (QED) is 0.352. The maximum Gasteiger partial charge on any atom is 0.115 e. The van der Waals surface area contributed by atoms with E-state index in [1.165, 1.54) is 37.7 Å². The fraction of sp³-hybridized carbons (Fsp3) is 0.429. The third-order valence-electron chi connectivity index (χ3n) is 3.64. The van der Waals surface area contributed by atoms with Crippen LogP contribution in [0, 0.1) is 0 Å². The van der Waals surface area contributed by atoms with Gasteiger partial charge in [-0.1, -0.05) is 55.4 Å². The molecule has 0 aliphatic rings. The summed E-state index contributed by atoms with van der Waals surface area (Å²) < 4.78 is 0. The summed E-state index contributed by atoms with van der Waals surface area (Å²) in [6, 6.07) is 7.60. The van der Waals surface area contributed by atoms with E-state index in [9.17, 15) is 5.11 Å². The van der Waals surface area contributed by atoms with Gasteiger partial charge in [0.2, 0.25) is 0 Å². The first-order valence-corrected chi connectivity index (χ1v) is 8.51. The SMILES string of the molecule is C=CCCC=CCC=CCCCCCCc1cccc(O)c1. The normalized spacial score (nSPS) is 11.5. The Hall–Kier alpha value is -1.76. The van der Waals surface area contributed by atoms with Crippen molar-refractivity contribution in [3.8, 4) is 5.75 Å². The van der Waals surface area contributed by atoms with E-state index in [0.717, 1.165) is 25.7 Å². The molecule has 22 heavy (non-hydrogen) atoms. The van der Waals surface area contributed by atoms with Crippen molar-refractivity contribution in [1.82, 2.24) is 0 Å². The van der Waals surface area contributed by atoms with Crippen LogP contribution >= 0.6 is 0 Å². The molecule has 1 nitrogen and oxygen atoms in total. The molecule has 0 unspecified atom stereocenters. The number of aryl methyl sites for hydroxylation is 1. The molecule has 0 atom stereocenters. The number of unbranched alkanes of at least 4 members (excludes halogenated alkanes) is 5. The van der Waals surface area contributed by atoms with Crippen LogP contribution in [-0.4, -0.2) is 5.11 Å². The lowest BCUT2D eigenvalue weighted by atomic mass is 10.1.